The highest BCUT2D eigenvalue weighted by molar-refractivity contribution is 5.73. The van der Waals surface area contributed by atoms with Crippen molar-refractivity contribution in [2.75, 3.05) is 20.8 Å². The van der Waals surface area contributed by atoms with Crippen molar-refractivity contribution in [3.8, 4) is 22.8 Å². The lowest BCUT2D eigenvalue weighted by Gasteiger charge is -2.18. The SMILES string of the molecule is COc1cc(OC)cc(C(CCN=O)c2ccc3ncc(-c4cnn(C)c4)nc3n2)c1. The van der Waals surface area contributed by atoms with Crippen molar-refractivity contribution in [3.05, 3.63) is 65.1 Å². The summed E-state index contributed by atoms with van der Waals surface area (Å²) in [6.45, 7) is 0.158. The van der Waals surface area contributed by atoms with E-state index in [0.29, 0.717) is 34.8 Å². The van der Waals surface area contributed by atoms with Gasteiger partial charge in [0.15, 0.2) is 5.65 Å². The number of pyridine rings is 1. The van der Waals surface area contributed by atoms with Crippen LogP contribution in [0.5, 0.6) is 11.5 Å². The maximum atomic E-state index is 10.9. The molecule has 4 aromatic rings. The van der Waals surface area contributed by atoms with Crippen molar-refractivity contribution in [1.82, 2.24) is 24.7 Å². The summed E-state index contributed by atoms with van der Waals surface area (Å²) in [4.78, 5) is 24.8. The van der Waals surface area contributed by atoms with Gasteiger partial charge in [0.05, 0.1) is 44.5 Å². The molecule has 0 aliphatic carbocycles. The summed E-state index contributed by atoms with van der Waals surface area (Å²) in [5.74, 6) is 1.14. The molecule has 31 heavy (non-hydrogen) atoms. The monoisotopic (exact) mass is 418 g/mol. The zero-order valence-corrected chi connectivity index (χ0v) is 17.5. The summed E-state index contributed by atoms with van der Waals surface area (Å²) in [6, 6.07) is 9.43. The molecule has 9 heteroatoms. The minimum atomic E-state index is -0.185. The molecule has 0 aliphatic rings. The molecule has 4 rings (SSSR count). The Balaban J connectivity index is 1.79. The van der Waals surface area contributed by atoms with E-state index in [1.54, 1.807) is 37.4 Å². The Kier molecular flexibility index (Phi) is 5.83. The van der Waals surface area contributed by atoms with Crippen molar-refractivity contribution in [1.29, 1.82) is 0 Å². The molecule has 3 aromatic heterocycles. The van der Waals surface area contributed by atoms with Crippen molar-refractivity contribution in [3.63, 3.8) is 0 Å². The van der Waals surface area contributed by atoms with Crippen LogP contribution in [-0.4, -0.2) is 45.5 Å². The van der Waals surface area contributed by atoms with Crippen molar-refractivity contribution in [2.24, 2.45) is 12.2 Å². The van der Waals surface area contributed by atoms with Crippen molar-refractivity contribution < 1.29 is 9.47 Å². The molecule has 0 aliphatic heterocycles. The van der Waals surface area contributed by atoms with Crippen LogP contribution >= 0.6 is 0 Å². The molecule has 0 saturated heterocycles. The molecular weight excluding hydrogens is 396 g/mol. The van der Waals surface area contributed by atoms with Gasteiger partial charge in [-0.25, -0.2) is 9.97 Å². The van der Waals surface area contributed by atoms with Gasteiger partial charge in [0.2, 0.25) is 0 Å². The van der Waals surface area contributed by atoms with Crippen molar-refractivity contribution in [2.45, 2.75) is 12.3 Å². The van der Waals surface area contributed by atoms with Gasteiger partial charge in [-0.1, -0.05) is 5.18 Å². The highest BCUT2D eigenvalue weighted by atomic mass is 16.5. The van der Waals surface area contributed by atoms with Crippen LogP contribution in [0.15, 0.2) is 54.1 Å². The molecule has 1 unspecified atom stereocenters. The number of benzene rings is 1. The van der Waals surface area contributed by atoms with Crippen LogP contribution in [0.2, 0.25) is 0 Å². The fourth-order valence-corrected chi connectivity index (χ4v) is 3.50. The topological polar surface area (TPSA) is 104 Å². The number of methoxy groups -OCH3 is 2. The highest BCUT2D eigenvalue weighted by Crippen LogP contribution is 2.33. The molecule has 0 amide bonds. The van der Waals surface area contributed by atoms with Gasteiger partial charge in [0.25, 0.3) is 0 Å². The van der Waals surface area contributed by atoms with Crippen molar-refractivity contribution >= 4 is 11.2 Å². The van der Waals surface area contributed by atoms with Gasteiger partial charge in [0.1, 0.15) is 17.0 Å². The number of aryl methyl sites for hydroxylation is 1. The van der Waals surface area contributed by atoms with Gasteiger partial charge in [-0.2, -0.15) is 10.0 Å². The first-order valence-corrected chi connectivity index (χ1v) is 9.76. The quantitative estimate of drug-likeness (QED) is 0.402. The lowest BCUT2D eigenvalue weighted by atomic mass is 9.91. The third kappa shape index (κ3) is 4.35. The lowest BCUT2D eigenvalue weighted by molar-refractivity contribution is 0.393. The van der Waals surface area contributed by atoms with Gasteiger partial charge in [-0.15, -0.1) is 0 Å². The second-order valence-corrected chi connectivity index (χ2v) is 7.08. The van der Waals surface area contributed by atoms with Crippen LogP contribution in [0.3, 0.4) is 0 Å². The van der Waals surface area contributed by atoms with E-state index in [4.69, 9.17) is 14.5 Å². The van der Waals surface area contributed by atoms with Crippen LogP contribution in [0.25, 0.3) is 22.4 Å². The number of rotatable bonds is 8. The molecule has 1 atom stereocenters. The normalized spacial score (nSPS) is 12.0. The van der Waals surface area contributed by atoms with Crippen LogP contribution < -0.4 is 9.47 Å². The maximum Gasteiger partial charge on any atom is 0.179 e. The van der Waals surface area contributed by atoms with Gasteiger partial charge < -0.3 is 9.47 Å². The van der Waals surface area contributed by atoms with E-state index < -0.39 is 0 Å². The van der Waals surface area contributed by atoms with Crippen LogP contribution in [0.4, 0.5) is 0 Å². The first-order valence-electron chi connectivity index (χ1n) is 9.76. The Morgan fingerprint density at radius 3 is 2.48 bits per heavy atom. The molecule has 158 valence electrons. The first kappa shape index (κ1) is 20.4. The van der Waals surface area contributed by atoms with Crippen LogP contribution in [0.1, 0.15) is 23.6 Å². The molecule has 0 N–H and O–H groups in total. The Morgan fingerprint density at radius 1 is 1.06 bits per heavy atom. The predicted octanol–water partition coefficient (Wildman–Crippen LogP) is 3.73. The van der Waals surface area contributed by atoms with E-state index in [0.717, 1.165) is 16.8 Å². The van der Waals surface area contributed by atoms with Gasteiger partial charge in [-0.05, 0) is 36.2 Å². The van der Waals surface area contributed by atoms with E-state index in [-0.39, 0.29) is 12.5 Å². The summed E-state index contributed by atoms with van der Waals surface area (Å²) >= 11 is 0. The number of ether oxygens (including phenoxy) is 2. The third-order valence-electron chi connectivity index (χ3n) is 5.07. The number of hydrogen-bond donors (Lipinski definition) is 0. The minimum absolute atomic E-state index is 0.158. The zero-order chi connectivity index (χ0) is 21.8. The molecule has 3 heterocycles. The zero-order valence-electron chi connectivity index (χ0n) is 17.5. The highest BCUT2D eigenvalue weighted by Gasteiger charge is 2.19. The van der Waals surface area contributed by atoms with E-state index >= 15 is 0 Å². The molecule has 9 nitrogen and oxygen atoms in total. The molecular formula is C22H22N6O3. The average Bonchev–Trinajstić information content (AvgIpc) is 3.24. The molecule has 0 fully saturated rings. The smallest absolute Gasteiger partial charge is 0.179 e. The number of aromatic nitrogens is 5. The number of nitroso groups, excluding NO2 is 1. The van der Waals surface area contributed by atoms with E-state index in [1.807, 2.05) is 37.5 Å². The molecule has 0 radical (unpaired) electrons. The van der Waals surface area contributed by atoms with Gasteiger partial charge >= 0.3 is 0 Å². The number of nitrogens with zero attached hydrogens (tertiary/aromatic N) is 6. The molecule has 0 spiro atoms. The summed E-state index contributed by atoms with van der Waals surface area (Å²) in [6.07, 6.45) is 5.82. The van der Waals surface area contributed by atoms with E-state index in [1.165, 1.54) is 0 Å². The second-order valence-electron chi connectivity index (χ2n) is 7.08. The fraction of sp³-hybridized carbons (Fsp3) is 0.273. The van der Waals surface area contributed by atoms with Gasteiger partial charge in [0, 0.05) is 30.8 Å². The van der Waals surface area contributed by atoms with Crippen LogP contribution in [0, 0.1) is 4.91 Å². The first-order chi connectivity index (χ1) is 15.1. The van der Waals surface area contributed by atoms with E-state index in [2.05, 4.69) is 20.2 Å². The Morgan fingerprint density at radius 2 is 1.84 bits per heavy atom. The standard InChI is InChI=1S/C22H22N6O3/c1-28-13-15(11-24-28)21-12-23-20-5-4-19(26-22(20)27-21)18(6-7-25-29)14-8-16(30-2)10-17(9-14)31-3/h4-5,8-13,18H,6-7H2,1-3H3. The summed E-state index contributed by atoms with van der Waals surface area (Å²) in [5.41, 5.74) is 4.46. The number of hydrogen-bond acceptors (Lipinski definition) is 8. The summed E-state index contributed by atoms with van der Waals surface area (Å²) in [5, 5.41) is 7.24. The third-order valence-corrected chi connectivity index (χ3v) is 5.07. The summed E-state index contributed by atoms with van der Waals surface area (Å²) < 4.78 is 12.5. The Labute approximate surface area is 179 Å². The molecule has 0 saturated carbocycles. The fourth-order valence-electron chi connectivity index (χ4n) is 3.50. The second kappa shape index (κ2) is 8.86. The van der Waals surface area contributed by atoms with E-state index in [9.17, 15) is 4.91 Å². The van der Waals surface area contributed by atoms with Crippen LogP contribution in [-0.2, 0) is 7.05 Å². The Bertz CT molecular complexity index is 1200. The molecule has 1 aromatic carbocycles. The maximum absolute atomic E-state index is 10.9. The molecule has 0 bridgehead atoms. The lowest BCUT2D eigenvalue weighted by Crippen LogP contribution is -2.07. The van der Waals surface area contributed by atoms with Gasteiger partial charge in [-0.3, -0.25) is 9.67 Å². The predicted molar refractivity (Wildman–Crippen MR) is 116 cm³/mol. The largest absolute Gasteiger partial charge is 0.497 e. The summed E-state index contributed by atoms with van der Waals surface area (Å²) in [7, 11) is 5.05. The minimum Gasteiger partial charge on any atom is -0.497 e. The number of fused-ring (bicyclic) bond motifs is 1. The average molecular weight is 418 g/mol. The Hall–Kier alpha value is -3.88.